The number of rotatable bonds is 7. The monoisotopic (exact) mass is 262 g/mol. The third-order valence-corrected chi connectivity index (χ3v) is 4.67. The summed E-state index contributed by atoms with van der Waals surface area (Å²) < 4.78 is 12.9. The first-order chi connectivity index (χ1) is 7.77. The van der Waals surface area contributed by atoms with Crippen molar-refractivity contribution in [1.29, 1.82) is 0 Å². The Kier molecular flexibility index (Phi) is 6.87. The molecule has 2 nitrogen and oxygen atoms in total. The second-order valence-corrected chi connectivity index (χ2v) is 5.80. The van der Waals surface area contributed by atoms with Crippen LogP contribution in [0.3, 0.4) is 0 Å². The van der Waals surface area contributed by atoms with Crippen LogP contribution in [0.15, 0.2) is 24.3 Å². The lowest BCUT2D eigenvalue weighted by molar-refractivity contribution is 0.322. The summed E-state index contributed by atoms with van der Waals surface area (Å²) in [6.07, 6.45) is 0. The number of halogens is 1. The van der Waals surface area contributed by atoms with E-state index in [1.165, 1.54) is 12.1 Å². The van der Waals surface area contributed by atoms with Crippen LogP contribution in [0, 0.1) is 5.82 Å². The summed E-state index contributed by atoms with van der Waals surface area (Å²) in [6.45, 7) is 0.254. The number of aliphatic hydroxyl groups is 2. The third kappa shape index (κ3) is 4.74. The molecule has 0 aromatic heterocycles. The molecule has 0 aliphatic carbocycles. The molecule has 0 heterocycles. The van der Waals surface area contributed by atoms with Gasteiger partial charge in [-0.25, -0.2) is 4.39 Å². The molecule has 2 N–H and O–H groups in total. The Bertz CT molecular complexity index is 285. The number of aliphatic hydroxyl groups excluding tert-OH is 2. The highest BCUT2D eigenvalue weighted by molar-refractivity contribution is 8.16. The molecule has 0 radical (unpaired) electrons. The molecule has 0 bridgehead atoms. The highest BCUT2D eigenvalue weighted by Crippen LogP contribution is 2.38. The van der Waals surface area contributed by atoms with E-state index in [0.29, 0.717) is 11.5 Å². The summed E-state index contributed by atoms with van der Waals surface area (Å²) >= 11 is 3.20. The van der Waals surface area contributed by atoms with Crippen LogP contribution in [0.25, 0.3) is 0 Å². The molecule has 0 saturated heterocycles. The molecule has 0 aliphatic rings. The minimum atomic E-state index is -0.248. The zero-order valence-electron chi connectivity index (χ0n) is 8.80. The van der Waals surface area contributed by atoms with Crippen molar-refractivity contribution in [1.82, 2.24) is 0 Å². The SMILES string of the molecule is OCCSC(SCCO)c1ccc(F)cc1. The minimum Gasteiger partial charge on any atom is -0.396 e. The maximum atomic E-state index is 12.8. The average Bonchev–Trinajstić information content (AvgIpc) is 2.31. The molecule has 0 fully saturated rings. The minimum absolute atomic E-state index is 0.127. The molecule has 5 heteroatoms. The fourth-order valence-electron chi connectivity index (χ4n) is 1.18. The zero-order chi connectivity index (χ0) is 11.8. The van der Waals surface area contributed by atoms with Gasteiger partial charge in [-0.2, -0.15) is 0 Å². The van der Waals surface area contributed by atoms with E-state index in [1.54, 1.807) is 35.7 Å². The van der Waals surface area contributed by atoms with Gasteiger partial charge >= 0.3 is 0 Å². The van der Waals surface area contributed by atoms with E-state index in [2.05, 4.69) is 0 Å². The van der Waals surface area contributed by atoms with E-state index in [1.807, 2.05) is 0 Å². The molecular formula is C11H15FO2S2. The van der Waals surface area contributed by atoms with Crippen LogP contribution in [0.1, 0.15) is 10.1 Å². The van der Waals surface area contributed by atoms with Gasteiger partial charge in [0.15, 0.2) is 0 Å². The predicted octanol–water partition coefficient (Wildman–Crippen LogP) is 2.28. The van der Waals surface area contributed by atoms with E-state index in [-0.39, 0.29) is 23.6 Å². The van der Waals surface area contributed by atoms with Gasteiger partial charge in [-0.05, 0) is 17.7 Å². The average molecular weight is 262 g/mol. The van der Waals surface area contributed by atoms with Crippen molar-refractivity contribution in [2.45, 2.75) is 4.58 Å². The van der Waals surface area contributed by atoms with Crippen molar-refractivity contribution in [3.05, 3.63) is 35.6 Å². The summed E-state index contributed by atoms with van der Waals surface area (Å²) in [5.74, 6) is 1.03. The molecule has 90 valence electrons. The first-order valence-electron chi connectivity index (χ1n) is 4.98. The number of benzene rings is 1. The van der Waals surface area contributed by atoms with Crippen molar-refractivity contribution in [3.63, 3.8) is 0 Å². The van der Waals surface area contributed by atoms with Crippen LogP contribution in [0.4, 0.5) is 4.39 Å². The quantitative estimate of drug-likeness (QED) is 0.740. The van der Waals surface area contributed by atoms with Gasteiger partial charge in [0, 0.05) is 11.5 Å². The first-order valence-corrected chi connectivity index (χ1v) is 7.08. The summed E-state index contributed by atoms with van der Waals surface area (Å²) in [4.78, 5) is 0. The third-order valence-electron chi connectivity index (χ3n) is 1.86. The van der Waals surface area contributed by atoms with E-state index >= 15 is 0 Å². The number of hydrogen-bond acceptors (Lipinski definition) is 4. The summed E-state index contributed by atoms with van der Waals surface area (Å²) in [7, 11) is 0. The van der Waals surface area contributed by atoms with Gasteiger partial charge < -0.3 is 10.2 Å². The molecule has 0 unspecified atom stereocenters. The Labute approximate surface area is 103 Å². The van der Waals surface area contributed by atoms with Crippen LogP contribution < -0.4 is 0 Å². The van der Waals surface area contributed by atoms with Crippen molar-refractivity contribution in [2.24, 2.45) is 0 Å². The van der Waals surface area contributed by atoms with Crippen LogP contribution in [0.5, 0.6) is 0 Å². The van der Waals surface area contributed by atoms with Gasteiger partial charge in [0.2, 0.25) is 0 Å². The largest absolute Gasteiger partial charge is 0.396 e. The molecule has 16 heavy (non-hydrogen) atoms. The van der Waals surface area contributed by atoms with Crippen LogP contribution in [-0.4, -0.2) is 34.9 Å². The second kappa shape index (κ2) is 7.95. The Morgan fingerprint density at radius 3 is 1.94 bits per heavy atom. The lowest BCUT2D eigenvalue weighted by Crippen LogP contribution is -1.97. The lowest BCUT2D eigenvalue weighted by atomic mass is 10.2. The molecule has 0 spiro atoms. The first kappa shape index (κ1) is 13.8. The molecular weight excluding hydrogens is 247 g/mol. The molecule has 0 atom stereocenters. The summed E-state index contributed by atoms with van der Waals surface area (Å²) in [5.41, 5.74) is 1.01. The van der Waals surface area contributed by atoms with Gasteiger partial charge in [0.1, 0.15) is 5.82 Å². The topological polar surface area (TPSA) is 40.5 Å². The molecule has 1 rings (SSSR count). The van der Waals surface area contributed by atoms with Crippen LogP contribution in [0.2, 0.25) is 0 Å². The maximum Gasteiger partial charge on any atom is 0.123 e. The van der Waals surface area contributed by atoms with Crippen molar-refractivity contribution in [2.75, 3.05) is 24.7 Å². The molecule has 1 aromatic carbocycles. The van der Waals surface area contributed by atoms with E-state index < -0.39 is 0 Å². The summed E-state index contributed by atoms with van der Waals surface area (Å²) in [6, 6.07) is 6.35. The smallest absolute Gasteiger partial charge is 0.123 e. The maximum absolute atomic E-state index is 12.8. The van der Waals surface area contributed by atoms with Gasteiger partial charge in [-0.1, -0.05) is 12.1 Å². The van der Waals surface area contributed by atoms with Gasteiger partial charge in [-0.3, -0.25) is 0 Å². The highest BCUT2D eigenvalue weighted by atomic mass is 32.2. The predicted molar refractivity (Wildman–Crippen MR) is 68.2 cm³/mol. The molecule has 1 aromatic rings. The van der Waals surface area contributed by atoms with E-state index in [4.69, 9.17) is 10.2 Å². The number of hydrogen-bond donors (Lipinski definition) is 2. The van der Waals surface area contributed by atoms with Crippen LogP contribution >= 0.6 is 23.5 Å². The van der Waals surface area contributed by atoms with Crippen molar-refractivity contribution in [3.8, 4) is 0 Å². The Balaban J connectivity index is 2.62. The Hall–Kier alpha value is -0.230. The lowest BCUT2D eigenvalue weighted by Gasteiger charge is -2.15. The number of thioether (sulfide) groups is 2. The Morgan fingerprint density at radius 2 is 1.50 bits per heavy atom. The fraction of sp³-hybridized carbons (Fsp3) is 0.455. The fourth-order valence-corrected chi connectivity index (χ4v) is 3.48. The van der Waals surface area contributed by atoms with Crippen molar-refractivity contribution >= 4 is 23.5 Å². The second-order valence-electron chi connectivity index (χ2n) is 3.07. The van der Waals surface area contributed by atoms with Crippen LogP contribution in [-0.2, 0) is 0 Å². The molecule has 0 amide bonds. The molecule has 0 aliphatic heterocycles. The molecule has 0 saturated carbocycles. The van der Waals surface area contributed by atoms with Gasteiger partial charge in [-0.15, -0.1) is 23.5 Å². The normalized spacial score (nSPS) is 11.0. The zero-order valence-corrected chi connectivity index (χ0v) is 10.4. The van der Waals surface area contributed by atoms with Gasteiger partial charge in [0.05, 0.1) is 17.8 Å². The summed E-state index contributed by atoms with van der Waals surface area (Å²) in [5, 5.41) is 17.6. The standard InChI is InChI=1S/C11H15FO2S2/c12-10-3-1-9(2-4-10)11(15-7-5-13)16-8-6-14/h1-4,11,13-14H,5-8H2. The van der Waals surface area contributed by atoms with Crippen molar-refractivity contribution < 1.29 is 14.6 Å². The van der Waals surface area contributed by atoms with Gasteiger partial charge in [0.25, 0.3) is 0 Å². The Morgan fingerprint density at radius 1 is 1.00 bits per heavy atom. The van der Waals surface area contributed by atoms with E-state index in [0.717, 1.165) is 5.56 Å². The highest BCUT2D eigenvalue weighted by Gasteiger charge is 2.11. The van der Waals surface area contributed by atoms with E-state index in [9.17, 15) is 4.39 Å².